The number of hydrogen-bond acceptors (Lipinski definition) is 5. The molecule has 0 aromatic heterocycles. The van der Waals surface area contributed by atoms with Gasteiger partial charge in [-0.05, 0) is 18.6 Å². The van der Waals surface area contributed by atoms with E-state index in [2.05, 4.69) is 15.0 Å². The monoisotopic (exact) mass is 397 g/mol. The Hall–Kier alpha value is -2.16. The molecule has 2 aromatic carbocycles. The minimum atomic E-state index is -3.89. The number of sulfonamides is 1. The Morgan fingerprint density at radius 2 is 1.96 bits per heavy atom. The second kappa shape index (κ2) is 7.61. The highest BCUT2D eigenvalue weighted by atomic mass is 35.5. The highest BCUT2D eigenvalue weighted by molar-refractivity contribution is 7.90. The molecule has 0 fully saturated rings. The smallest absolute Gasteiger partial charge is 0.287 e. The molecule has 0 unspecified atom stereocenters. The number of fused-ring (bicyclic) bond motifs is 1. The molecule has 26 heavy (non-hydrogen) atoms. The molecule has 6 nitrogen and oxygen atoms in total. The summed E-state index contributed by atoms with van der Waals surface area (Å²) < 4.78 is 47.6. The third kappa shape index (κ3) is 3.67. The maximum Gasteiger partial charge on any atom is 0.287 e. The van der Waals surface area contributed by atoms with Gasteiger partial charge < -0.3 is 15.4 Å². The summed E-state index contributed by atoms with van der Waals surface area (Å²) in [6, 6.07) is 9.09. The number of guanidine groups is 1. The first-order valence-corrected chi connectivity index (χ1v) is 9.68. The average Bonchev–Trinajstić information content (AvgIpc) is 2.60. The van der Waals surface area contributed by atoms with E-state index in [0.29, 0.717) is 36.4 Å². The summed E-state index contributed by atoms with van der Waals surface area (Å²) in [7, 11) is -2.30. The normalized spacial score (nSPS) is 15.0. The van der Waals surface area contributed by atoms with E-state index in [1.807, 2.05) is 0 Å². The van der Waals surface area contributed by atoms with Crippen molar-refractivity contribution in [2.24, 2.45) is 4.40 Å². The number of hydrogen-bond donors (Lipinski definition) is 2. The third-order valence-corrected chi connectivity index (χ3v) is 5.52. The van der Waals surface area contributed by atoms with Crippen molar-refractivity contribution in [3.63, 3.8) is 0 Å². The topological polar surface area (TPSA) is 79.8 Å². The number of methoxy groups -OCH3 is 1. The van der Waals surface area contributed by atoms with Gasteiger partial charge in [0.2, 0.25) is 5.96 Å². The van der Waals surface area contributed by atoms with Crippen LogP contribution in [0.2, 0.25) is 5.02 Å². The van der Waals surface area contributed by atoms with Gasteiger partial charge >= 0.3 is 0 Å². The van der Waals surface area contributed by atoms with Crippen LogP contribution < -0.4 is 10.6 Å². The molecule has 1 heterocycles. The summed E-state index contributed by atoms with van der Waals surface area (Å²) >= 11 is 6.08. The fourth-order valence-electron chi connectivity index (χ4n) is 2.62. The fraction of sp³-hybridized carbons (Fsp3) is 0.235. The van der Waals surface area contributed by atoms with Gasteiger partial charge in [-0.2, -0.15) is 8.42 Å². The quantitative estimate of drug-likeness (QED) is 0.757. The summed E-state index contributed by atoms with van der Waals surface area (Å²) in [4.78, 5) is 0.0118. The summed E-state index contributed by atoms with van der Waals surface area (Å²) in [5, 5.41) is 5.84. The highest BCUT2D eigenvalue weighted by Gasteiger charge is 2.28. The largest absolute Gasteiger partial charge is 0.385 e. The summed E-state index contributed by atoms with van der Waals surface area (Å²) in [5.41, 5.74) is 1.18. The number of para-hydroxylation sites is 1. The van der Waals surface area contributed by atoms with Gasteiger partial charge in [-0.1, -0.05) is 35.9 Å². The first-order chi connectivity index (χ1) is 12.4. The van der Waals surface area contributed by atoms with E-state index in [-0.39, 0.29) is 15.9 Å². The molecule has 1 aliphatic rings. The van der Waals surface area contributed by atoms with E-state index in [9.17, 15) is 12.8 Å². The molecule has 0 bridgehead atoms. The number of benzene rings is 2. The standard InChI is InChI=1S/C17H17ClFN3O3S/c1-25-10-4-9-20-17-21-16-12(11-5-2-7-13(19)15(11)18)6-3-8-14(16)26(23,24)22-17/h2-3,5-8H,4,9-10H2,1H3,(H2,20,21,22). The second-order valence-corrected chi connectivity index (χ2v) is 7.54. The van der Waals surface area contributed by atoms with E-state index >= 15 is 0 Å². The first kappa shape index (κ1) is 18.6. The van der Waals surface area contributed by atoms with Crippen molar-refractivity contribution in [2.45, 2.75) is 11.3 Å². The van der Waals surface area contributed by atoms with Crippen LogP contribution in [0.1, 0.15) is 6.42 Å². The molecule has 0 radical (unpaired) electrons. The molecular weight excluding hydrogens is 381 g/mol. The summed E-state index contributed by atoms with van der Waals surface area (Å²) in [5.74, 6) is -0.472. The van der Waals surface area contributed by atoms with Gasteiger partial charge in [0.15, 0.2) is 0 Å². The number of halogens is 2. The lowest BCUT2D eigenvalue weighted by atomic mass is 10.0. The predicted octanol–water partition coefficient (Wildman–Crippen LogP) is 3.24. The van der Waals surface area contributed by atoms with Gasteiger partial charge in [-0.3, -0.25) is 0 Å². The zero-order valence-electron chi connectivity index (χ0n) is 13.9. The maximum atomic E-state index is 13.8. The molecule has 2 N–H and O–H groups in total. The van der Waals surface area contributed by atoms with Gasteiger partial charge in [0, 0.05) is 31.4 Å². The zero-order chi connectivity index (χ0) is 18.7. The number of rotatable bonds is 5. The van der Waals surface area contributed by atoms with E-state index in [1.54, 1.807) is 25.3 Å². The second-order valence-electron chi connectivity index (χ2n) is 5.59. The van der Waals surface area contributed by atoms with Crippen molar-refractivity contribution in [2.75, 3.05) is 25.6 Å². The van der Waals surface area contributed by atoms with Crippen LogP contribution in [-0.4, -0.2) is 34.6 Å². The minimum absolute atomic E-state index is 0.0118. The van der Waals surface area contributed by atoms with E-state index in [1.165, 1.54) is 18.2 Å². The van der Waals surface area contributed by atoms with E-state index in [4.69, 9.17) is 16.3 Å². The molecule has 2 aromatic rings. The molecule has 0 amide bonds. The number of ether oxygens (including phenoxy) is 1. The summed E-state index contributed by atoms with van der Waals surface area (Å²) in [6.45, 7) is 1.02. The number of nitrogens with one attached hydrogen (secondary N) is 2. The molecule has 0 atom stereocenters. The first-order valence-electron chi connectivity index (χ1n) is 7.86. The van der Waals surface area contributed by atoms with E-state index < -0.39 is 15.8 Å². The van der Waals surface area contributed by atoms with Crippen LogP contribution in [0.4, 0.5) is 10.1 Å². The lowest BCUT2D eigenvalue weighted by Crippen LogP contribution is -2.35. The van der Waals surface area contributed by atoms with Crippen LogP contribution in [0.5, 0.6) is 0 Å². The molecule has 9 heteroatoms. The van der Waals surface area contributed by atoms with Crippen molar-refractivity contribution >= 4 is 33.3 Å². The highest BCUT2D eigenvalue weighted by Crippen LogP contribution is 2.39. The van der Waals surface area contributed by atoms with Gasteiger partial charge in [0.05, 0.1) is 10.7 Å². The third-order valence-electron chi connectivity index (χ3n) is 3.82. The van der Waals surface area contributed by atoms with Gasteiger partial charge in [0.25, 0.3) is 10.0 Å². The lowest BCUT2D eigenvalue weighted by molar-refractivity contribution is 0.195. The Balaban J connectivity index is 2.01. The SMILES string of the molecule is COCCCNC1=NS(=O)(=O)c2cccc(-c3cccc(F)c3Cl)c2N1. The van der Waals surface area contributed by atoms with Crippen molar-refractivity contribution < 1.29 is 17.5 Å². The molecular formula is C17H17ClFN3O3S. The fourth-order valence-corrected chi connectivity index (χ4v) is 3.97. The molecule has 138 valence electrons. The van der Waals surface area contributed by atoms with Gasteiger partial charge in [0.1, 0.15) is 10.7 Å². The Morgan fingerprint density at radius 3 is 2.73 bits per heavy atom. The molecule has 0 aliphatic carbocycles. The summed E-state index contributed by atoms with van der Waals surface area (Å²) in [6.07, 6.45) is 0.682. The van der Waals surface area contributed by atoms with Crippen molar-refractivity contribution in [1.29, 1.82) is 0 Å². The van der Waals surface area contributed by atoms with Crippen LogP contribution in [-0.2, 0) is 14.8 Å². The molecule has 0 saturated carbocycles. The Kier molecular flexibility index (Phi) is 5.45. The molecule has 0 saturated heterocycles. The minimum Gasteiger partial charge on any atom is -0.385 e. The Bertz CT molecular complexity index is 964. The van der Waals surface area contributed by atoms with Crippen LogP contribution in [0.3, 0.4) is 0 Å². The van der Waals surface area contributed by atoms with Crippen molar-refractivity contribution in [1.82, 2.24) is 5.32 Å². The van der Waals surface area contributed by atoms with Crippen LogP contribution in [0, 0.1) is 5.82 Å². The molecule has 3 rings (SSSR count). The Morgan fingerprint density at radius 1 is 1.23 bits per heavy atom. The van der Waals surface area contributed by atoms with E-state index in [0.717, 1.165) is 0 Å². The zero-order valence-corrected chi connectivity index (χ0v) is 15.5. The molecule has 1 aliphatic heterocycles. The maximum absolute atomic E-state index is 13.8. The molecule has 0 spiro atoms. The Labute approximate surface area is 156 Å². The number of anilines is 1. The van der Waals surface area contributed by atoms with Gasteiger partial charge in [-0.15, -0.1) is 4.40 Å². The van der Waals surface area contributed by atoms with Crippen molar-refractivity contribution in [3.8, 4) is 11.1 Å². The van der Waals surface area contributed by atoms with Gasteiger partial charge in [-0.25, -0.2) is 4.39 Å². The van der Waals surface area contributed by atoms with Crippen molar-refractivity contribution in [3.05, 3.63) is 47.2 Å². The van der Waals surface area contributed by atoms with Crippen LogP contribution in [0.25, 0.3) is 11.1 Å². The average molecular weight is 398 g/mol. The van der Waals surface area contributed by atoms with Crippen LogP contribution >= 0.6 is 11.6 Å². The lowest BCUT2D eigenvalue weighted by Gasteiger charge is -2.22. The number of nitrogens with zero attached hydrogens (tertiary/aromatic N) is 1. The van der Waals surface area contributed by atoms with Crippen LogP contribution in [0.15, 0.2) is 45.7 Å². The predicted molar refractivity (Wildman–Crippen MR) is 99.6 cm³/mol.